The van der Waals surface area contributed by atoms with Gasteiger partial charge in [0.2, 0.25) is 5.82 Å². The van der Waals surface area contributed by atoms with Gasteiger partial charge in [-0.1, -0.05) is 34.6 Å². The molecule has 1 unspecified atom stereocenters. The molecule has 0 saturated heterocycles. The Kier molecular flexibility index (Phi) is 12.5. The van der Waals surface area contributed by atoms with E-state index in [0.29, 0.717) is 64.1 Å². The standard InChI is InChI=1S/C48H43N7O10.C2H6/c1-6-30-32-18-29(16-17-37(32)50-41-35(30)22-54-38(41)20-33-36(46(54)60)23-63-47(61)42(33)58)65-48(62)53(5)25-8-12-27(13-9-25)64-28-14-10-26(11-15-28)55-43(51-52-44(55)45(59)49-7-2)34-19-31(24(3)4)39(56)21-40(34)57;1-2/h8-21,24,42,56-58H,6-7,22-23H2,1-5H3,(H,49,59);1-2H3. The number of hydrogen-bond acceptors (Lipinski definition) is 13. The molecule has 7 aromatic rings. The van der Waals surface area contributed by atoms with Crippen molar-refractivity contribution in [3.63, 3.8) is 0 Å². The topological polar surface area (TPSA) is 220 Å². The summed E-state index contributed by atoms with van der Waals surface area (Å²) in [5.41, 5.74) is 5.56. The number of carbonyl (C=O) groups is 3. The van der Waals surface area contributed by atoms with Crippen LogP contribution in [0.5, 0.6) is 28.7 Å². The normalized spacial score (nSPS) is 13.5. The molecule has 1 atom stereocenters. The third kappa shape index (κ3) is 8.29. The maximum absolute atomic E-state index is 13.5. The molecule has 9 rings (SSSR count). The van der Waals surface area contributed by atoms with Gasteiger partial charge in [0, 0.05) is 47.5 Å². The average Bonchev–Trinajstić information content (AvgIpc) is 3.93. The molecule has 0 radical (unpaired) electrons. The van der Waals surface area contributed by atoms with Crippen LogP contribution in [0.3, 0.4) is 0 Å². The number of rotatable bonds is 10. The van der Waals surface area contributed by atoms with Gasteiger partial charge in [0.25, 0.3) is 11.5 Å². The molecule has 2 aliphatic heterocycles. The molecule has 344 valence electrons. The van der Waals surface area contributed by atoms with Crippen molar-refractivity contribution in [1.82, 2.24) is 29.6 Å². The van der Waals surface area contributed by atoms with Gasteiger partial charge < -0.3 is 39.4 Å². The minimum absolute atomic E-state index is 0.00215. The number of carbonyl (C=O) groups excluding carboxylic acids is 3. The number of aromatic hydroxyl groups is 2. The van der Waals surface area contributed by atoms with Crippen molar-refractivity contribution in [3.05, 3.63) is 129 Å². The molecule has 3 aromatic heterocycles. The Morgan fingerprint density at radius 2 is 1.58 bits per heavy atom. The Bertz CT molecular complexity index is 3140. The number of pyridine rings is 2. The lowest BCUT2D eigenvalue weighted by Gasteiger charge is -2.21. The predicted molar refractivity (Wildman–Crippen MR) is 249 cm³/mol. The smallest absolute Gasteiger partial charge is 0.419 e. The molecule has 0 fully saturated rings. The zero-order valence-electron chi connectivity index (χ0n) is 37.9. The number of hydrogen-bond donors (Lipinski definition) is 4. The first kappa shape index (κ1) is 45.5. The summed E-state index contributed by atoms with van der Waals surface area (Å²) < 4.78 is 20.1. The summed E-state index contributed by atoms with van der Waals surface area (Å²) in [6.07, 6.45) is -1.59. The lowest BCUT2D eigenvalue weighted by atomic mass is 9.97. The van der Waals surface area contributed by atoms with E-state index in [4.69, 9.17) is 19.2 Å². The molecule has 2 aliphatic rings. The van der Waals surface area contributed by atoms with Gasteiger partial charge in [0.15, 0.2) is 11.9 Å². The molecule has 17 heteroatoms. The van der Waals surface area contributed by atoms with Crippen molar-refractivity contribution in [1.29, 1.82) is 0 Å². The monoisotopic (exact) mass is 907 g/mol. The van der Waals surface area contributed by atoms with Gasteiger partial charge in [-0.25, -0.2) is 14.6 Å². The van der Waals surface area contributed by atoms with Gasteiger partial charge in [0.1, 0.15) is 35.4 Å². The SMILES string of the molecule is CC.CCNC(=O)c1nnc(-c2cc(C(C)C)c(O)cc2O)n1-c1ccc(Oc2ccc(N(C)C(=O)Oc3ccc4nc5c(c(CC)c4c3)Cn3c-5cc4c(c3=O)COC(=O)C4O)cc2)cc1. The van der Waals surface area contributed by atoms with Crippen LogP contribution < -0.4 is 25.2 Å². The molecular weight excluding hydrogens is 859 g/mol. The number of phenols is 2. The summed E-state index contributed by atoms with van der Waals surface area (Å²) >= 11 is 0. The summed E-state index contributed by atoms with van der Waals surface area (Å²) in [6.45, 7) is 12.0. The molecule has 5 heterocycles. The quantitative estimate of drug-likeness (QED) is 0.0955. The van der Waals surface area contributed by atoms with Gasteiger partial charge in [-0.05, 0) is 109 Å². The lowest BCUT2D eigenvalue weighted by Crippen LogP contribution is -2.32. The van der Waals surface area contributed by atoms with Crippen LogP contribution in [0.1, 0.15) is 92.0 Å². The highest BCUT2D eigenvalue weighted by molar-refractivity contribution is 5.93. The van der Waals surface area contributed by atoms with Crippen molar-refractivity contribution < 1.29 is 43.9 Å². The van der Waals surface area contributed by atoms with Gasteiger partial charge in [-0.3, -0.25) is 19.1 Å². The number of anilines is 1. The maximum Gasteiger partial charge on any atom is 0.419 e. The Morgan fingerprint density at radius 1 is 0.896 bits per heavy atom. The number of benzene rings is 4. The number of fused-ring (bicyclic) bond motifs is 5. The molecule has 0 bridgehead atoms. The van der Waals surface area contributed by atoms with Gasteiger partial charge in [-0.15, -0.1) is 10.2 Å². The number of nitrogens with one attached hydrogen (secondary N) is 1. The van der Waals surface area contributed by atoms with Crippen molar-refractivity contribution in [2.45, 2.75) is 73.1 Å². The van der Waals surface area contributed by atoms with Crippen molar-refractivity contribution in [2.24, 2.45) is 0 Å². The van der Waals surface area contributed by atoms with Crippen LogP contribution in [-0.4, -0.2) is 71.2 Å². The molecule has 4 aromatic carbocycles. The number of amides is 2. The van der Waals surface area contributed by atoms with Crippen LogP contribution in [0.4, 0.5) is 10.5 Å². The predicted octanol–water partition coefficient (Wildman–Crippen LogP) is 8.06. The Labute approximate surface area is 384 Å². The van der Waals surface area contributed by atoms with Crippen LogP contribution >= 0.6 is 0 Å². The number of phenolic OH excluding ortho intramolecular Hbond substituents is 2. The molecular formula is C50H49N7O10. The fourth-order valence-electron chi connectivity index (χ4n) is 8.29. The van der Waals surface area contributed by atoms with Crippen LogP contribution in [0.15, 0.2) is 89.7 Å². The highest BCUT2D eigenvalue weighted by Crippen LogP contribution is 2.41. The van der Waals surface area contributed by atoms with Crippen LogP contribution in [0.2, 0.25) is 0 Å². The van der Waals surface area contributed by atoms with E-state index in [1.165, 1.54) is 15.5 Å². The molecule has 67 heavy (non-hydrogen) atoms. The first-order valence-electron chi connectivity index (χ1n) is 22.0. The molecule has 0 saturated carbocycles. The number of aryl methyl sites for hydroxylation is 1. The van der Waals surface area contributed by atoms with E-state index in [2.05, 4.69) is 15.5 Å². The summed E-state index contributed by atoms with van der Waals surface area (Å²) in [5, 5.41) is 43.7. The minimum atomic E-state index is -1.55. The summed E-state index contributed by atoms with van der Waals surface area (Å²) in [7, 11) is 1.59. The minimum Gasteiger partial charge on any atom is -0.508 e. The summed E-state index contributed by atoms with van der Waals surface area (Å²) in [5.74, 6) is -0.144. The number of cyclic esters (lactones) is 1. The molecule has 4 N–H and O–H groups in total. The lowest BCUT2D eigenvalue weighted by molar-refractivity contribution is -0.157. The number of esters is 1. The highest BCUT2D eigenvalue weighted by Gasteiger charge is 2.35. The third-order valence-electron chi connectivity index (χ3n) is 11.6. The Morgan fingerprint density at radius 3 is 2.25 bits per heavy atom. The number of nitrogens with zero attached hydrogens (tertiary/aromatic N) is 6. The summed E-state index contributed by atoms with van der Waals surface area (Å²) in [6, 6.07) is 23.4. The highest BCUT2D eigenvalue weighted by atomic mass is 16.6. The van der Waals surface area contributed by atoms with E-state index in [1.807, 2.05) is 34.6 Å². The first-order chi connectivity index (χ1) is 32.3. The number of aromatic nitrogens is 5. The average molecular weight is 908 g/mol. The first-order valence-corrected chi connectivity index (χ1v) is 22.0. The molecule has 0 spiro atoms. The Balaban J connectivity index is 0.00000300. The van der Waals surface area contributed by atoms with Crippen LogP contribution in [0.25, 0.3) is 39.4 Å². The number of ether oxygens (including phenoxy) is 3. The van der Waals surface area contributed by atoms with Crippen molar-refractivity contribution >= 4 is 34.6 Å². The van der Waals surface area contributed by atoms with Crippen molar-refractivity contribution in [3.8, 4) is 57.2 Å². The van der Waals surface area contributed by atoms with Gasteiger partial charge in [0.05, 0.1) is 34.6 Å². The van der Waals surface area contributed by atoms with E-state index >= 15 is 0 Å². The van der Waals surface area contributed by atoms with Gasteiger partial charge >= 0.3 is 12.1 Å². The van der Waals surface area contributed by atoms with E-state index in [0.717, 1.165) is 16.5 Å². The second-order valence-electron chi connectivity index (χ2n) is 16.0. The van der Waals surface area contributed by atoms with E-state index in [-0.39, 0.29) is 64.5 Å². The van der Waals surface area contributed by atoms with Crippen LogP contribution in [0, 0.1) is 0 Å². The summed E-state index contributed by atoms with van der Waals surface area (Å²) in [4.78, 5) is 58.3. The fourth-order valence-corrected chi connectivity index (χ4v) is 8.29. The molecule has 17 nitrogen and oxygen atoms in total. The molecule has 0 aliphatic carbocycles. The van der Waals surface area contributed by atoms with Crippen molar-refractivity contribution in [2.75, 3.05) is 18.5 Å². The van der Waals surface area contributed by atoms with Gasteiger partial charge in [-0.2, -0.15) is 0 Å². The van der Waals surface area contributed by atoms with E-state index in [1.54, 1.807) is 97.4 Å². The largest absolute Gasteiger partial charge is 0.508 e. The zero-order valence-corrected chi connectivity index (χ0v) is 37.9. The number of aliphatic hydroxyl groups is 1. The maximum atomic E-state index is 13.5. The van der Waals surface area contributed by atoms with Crippen LogP contribution in [-0.2, 0) is 29.1 Å². The van der Waals surface area contributed by atoms with E-state index in [9.17, 15) is 34.5 Å². The third-order valence-corrected chi connectivity index (χ3v) is 11.6. The zero-order chi connectivity index (χ0) is 47.8. The second kappa shape index (κ2) is 18.4. The Hall–Kier alpha value is -8.05. The number of aliphatic hydroxyl groups excluding tert-OH is 1. The fraction of sp³-hybridized carbons (Fsp3) is 0.260. The van der Waals surface area contributed by atoms with E-state index < -0.39 is 24.1 Å². The molecule has 2 amide bonds. The second-order valence-corrected chi connectivity index (χ2v) is 16.0.